The second kappa shape index (κ2) is 4.96. The molecule has 15 heavy (non-hydrogen) atoms. The number of aliphatic hydroxyl groups excluding tert-OH is 1. The number of hydrogen-bond donors (Lipinski definition) is 1. The van der Waals surface area contributed by atoms with Gasteiger partial charge in [-0.3, -0.25) is 4.57 Å². The zero-order chi connectivity index (χ0) is 10.7. The summed E-state index contributed by atoms with van der Waals surface area (Å²) in [6.07, 6.45) is 6.23. The first-order chi connectivity index (χ1) is 7.22. The molecular weight excluding hydrogens is 215 g/mol. The maximum atomic E-state index is 12.3. The number of hydrogen-bond acceptors (Lipinski definition) is 4. The molecule has 0 aromatic heterocycles. The molecule has 2 aliphatic rings. The van der Waals surface area contributed by atoms with Gasteiger partial charge in [0.1, 0.15) is 0 Å². The Hall–Kier alpha value is 0.110. The van der Waals surface area contributed by atoms with Crippen molar-refractivity contribution in [3.63, 3.8) is 0 Å². The second-order valence-corrected chi connectivity index (χ2v) is 6.47. The largest absolute Gasteiger partial charge is 0.396 e. The van der Waals surface area contributed by atoms with Gasteiger partial charge in [-0.2, -0.15) is 0 Å². The standard InChI is InChI=1S/C10H19O4P/c11-7-1-2-8-15(12,13-9-3-4-9)14-10-5-6-10/h9-11H,1-8H2. The van der Waals surface area contributed by atoms with Gasteiger partial charge in [-0.1, -0.05) is 0 Å². The average Bonchev–Trinajstić information content (AvgIpc) is 3.02. The van der Waals surface area contributed by atoms with E-state index in [1.165, 1.54) is 0 Å². The van der Waals surface area contributed by atoms with Crippen molar-refractivity contribution in [2.24, 2.45) is 0 Å². The normalized spacial score (nSPS) is 21.9. The molecule has 0 radical (unpaired) electrons. The molecule has 2 aliphatic carbocycles. The molecule has 4 nitrogen and oxygen atoms in total. The van der Waals surface area contributed by atoms with Crippen LogP contribution in [0.3, 0.4) is 0 Å². The molecule has 2 saturated carbocycles. The summed E-state index contributed by atoms with van der Waals surface area (Å²) in [6.45, 7) is 0.146. The summed E-state index contributed by atoms with van der Waals surface area (Å²) in [5, 5.41) is 8.68. The predicted octanol–water partition coefficient (Wildman–Crippen LogP) is 2.31. The average molecular weight is 234 g/mol. The van der Waals surface area contributed by atoms with E-state index in [0.717, 1.165) is 25.7 Å². The zero-order valence-corrected chi connectivity index (χ0v) is 9.83. The van der Waals surface area contributed by atoms with Crippen LogP contribution in [0, 0.1) is 0 Å². The summed E-state index contributed by atoms with van der Waals surface area (Å²) in [5.74, 6) is 0. The van der Waals surface area contributed by atoms with Crippen LogP contribution in [0.5, 0.6) is 0 Å². The third-order valence-corrected chi connectivity index (χ3v) is 4.61. The van der Waals surface area contributed by atoms with E-state index in [2.05, 4.69) is 0 Å². The van der Waals surface area contributed by atoms with E-state index in [9.17, 15) is 4.57 Å². The van der Waals surface area contributed by atoms with Crippen molar-refractivity contribution in [3.8, 4) is 0 Å². The Labute approximate surface area is 90.5 Å². The SMILES string of the molecule is O=P(CCCCO)(OC1CC1)OC1CC1. The van der Waals surface area contributed by atoms with Crippen molar-refractivity contribution >= 4 is 7.60 Å². The van der Waals surface area contributed by atoms with E-state index in [1.54, 1.807) is 0 Å². The lowest BCUT2D eigenvalue weighted by Crippen LogP contribution is -2.03. The summed E-state index contributed by atoms with van der Waals surface area (Å²) >= 11 is 0. The third-order valence-electron chi connectivity index (χ3n) is 2.51. The number of aliphatic hydroxyl groups is 1. The fraction of sp³-hybridized carbons (Fsp3) is 1.00. The van der Waals surface area contributed by atoms with Crippen LogP contribution in [0.25, 0.3) is 0 Å². The first-order valence-corrected chi connectivity index (χ1v) is 7.51. The summed E-state index contributed by atoms with van der Waals surface area (Å²) in [4.78, 5) is 0. The molecule has 1 N–H and O–H groups in total. The summed E-state index contributed by atoms with van der Waals surface area (Å²) < 4.78 is 23.3. The molecule has 0 amide bonds. The Bertz CT molecular complexity index is 230. The Morgan fingerprint density at radius 2 is 1.60 bits per heavy atom. The highest BCUT2D eigenvalue weighted by molar-refractivity contribution is 7.53. The highest BCUT2D eigenvalue weighted by Gasteiger charge is 2.38. The Balaban J connectivity index is 1.78. The molecule has 0 saturated heterocycles. The molecule has 0 aliphatic heterocycles. The van der Waals surface area contributed by atoms with Crippen LogP contribution < -0.4 is 0 Å². The van der Waals surface area contributed by atoms with Gasteiger partial charge in [0, 0.05) is 6.61 Å². The molecule has 0 bridgehead atoms. The van der Waals surface area contributed by atoms with Crippen LogP contribution in [0.1, 0.15) is 38.5 Å². The van der Waals surface area contributed by atoms with E-state index in [1.807, 2.05) is 0 Å². The van der Waals surface area contributed by atoms with Crippen LogP contribution in [-0.2, 0) is 13.6 Å². The van der Waals surface area contributed by atoms with E-state index in [0.29, 0.717) is 19.0 Å². The molecule has 0 aromatic carbocycles. The van der Waals surface area contributed by atoms with Crippen LogP contribution in [0.4, 0.5) is 0 Å². The molecule has 88 valence electrons. The van der Waals surface area contributed by atoms with Crippen molar-refractivity contribution in [2.75, 3.05) is 12.8 Å². The first-order valence-electron chi connectivity index (χ1n) is 5.78. The van der Waals surface area contributed by atoms with Gasteiger partial charge in [0.2, 0.25) is 0 Å². The maximum Gasteiger partial charge on any atom is 0.331 e. The van der Waals surface area contributed by atoms with Crippen LogP contribution in [0.15, 0.2) is 0 Å². The lowest BCUT2D eigenvalue weighted by atomic mass is 10.4. The van der Waals surface area contributed by atoms with Crippen molar-refractivity contribution in [2.45, 2.75) is 50.7 Å². The minimum absolute atomic E-state index is 0.146. The van der Waals surface area contributed by atoms with Crippen molar-refractivity contribution in [3.05, 3.63) is 0 Å². The highest BCUT2D eigenvalue weighted by Crippen LogP contribution is 2.56. The van der Waals surface area contributed by atoms with Crippen molar-refractivity contribution < 1.29 is 18.7 Å². The molecular formula is C10H19O4P. The smallest absolute Gasteiger partial charge is 0.331 e. The summed E-state index contributed by atoms with van der Waals surface area (Å²) in [5.41, 5.74) is 0. The van der Waals surface area contributed by atoms with E-state index in [-0.39, 0.29) is 18.8 Å². The molecule has 0 heterocycles. The van der Waals surface area contributed by atoms with Gasteiger partial charge in [-0.05, 0) is 38.5 Å². The molecule has 2 fully saturated rings. The molecule has 5 heteroatoms. The third kappa shape index (κ3) is 4.23. The quantitative estimate of drug-likeness (QED) is 0.517. The lowest BCUT2D eigenvalue weighted by molar-refractivity contribution is 0.188. The molecule has 0 unspecified atom stereocenters. The van der Waals surface area contributed by atoms with Gasteiger partial charge in [0.15, 0.2) is 0 Å². The van der Waals surface area contributed by atoms with Gasteiger partial charge in [0.25, 0.3) is 0 Å². The van der Waals surface area contributed by atoms with Gasteiger partial charge in [-0.25, -0.2) is 0 Å². The molecule has 0 spiro atoms. The summed E-state index contributed by atoms with van der Waals surface area (Å²) in [7, 11) is -2.85. The number of unbranched alkanes of at least 4 members (excludes halogenated alkanes) is 1. The topological polar surface area (TPSA) is 55.8 Å². The van der Waals surface area contributed by atoms with Crippen LogP contribution in [0.2, 0.25) is 0 Å². The number of rotatable bonds is 8. The van der Waals surface area contributed by atoms with Gasteiger partial charge >= 0.3 is 7.60 Å². The van der Waals surface area contributed by atoms with Gasteiger partial charge in [0.05, 0.1) is 18.4 Å². The fourth-order valence-corrected chi connectivity index (χ4v) is 3.55. The van der Waals surface area contributed by atoms with Gasteiger partial charge in [-0.15, -0.1) is 0 Å². The minimum atomic E-state index is -2.85. The van der Waals surface area contributed by atoms with Gasteiger partial charge < -0.3 is 14.2 Å². The predicted molar refractivity (Wildman–Crippen MR) is 57.0 cm³/mol. The lowest BCUT2D eigenvalue weighted by Gasteiger charge is -2.17. The summed E-state index contributed by atoms with van der Waals surface area (Å²) in [6, 6.07) is 0. The first kappa shape index (κ1) is 11.6. The Kier molecular flexibility index (Phi) is 3.83. The fourth-order valence-electron chi connectivity index (χ4n) is 1.35. The van der Waals surface area contributed by atoms with Crippen molar-refractivity contribution in [1.29, 1.82) is 0 Å². The highest BCUT2D eigenvalue weighted by atomic mass is 31.2. The monoisotopic (exact) mass is 234 g/mol. The Morgan fingerprint density at radius 1 is 1.07 bits per heavy atom. The van der Waals surface area contributed by atoms with Crippen molar-refractivity contribution in [1.82, 2.24) is 0 Å². The molecule has 0 atom stereocenters. The van der Waals surface area contributed by atoms with E-state index < -0.39 is 7.60 Å². The van der Waals surface area contributed by atoms with E-state index in [4.69, 9.17) is 14.2 Å². The molecule has 0 aromatic rings. The van der Waals surface area contributed by atoms with Crippen LogP contribution in [-0.4, -0.2) is 30.1 Å². The van der Waals surface area contributed by atoms with E-state index >= 15 is 0 Å². The zero-order valence-electron chi connectivity index (χ0n) is 8.93. The maximum absolute atomic E-state index is 12.3. The molecule has 2 rings (SSSR count). The van der Waals surface area contributed by atoms with Crippen LogP contribution >= 0.6 is 7.60 Å². The Morgan fingerprint density at radius 3 is 2.00 bits per heavy atom. The second-order valence-electron chi connectivity index (χ2n) is 4.37. The minimum Gasteiger partial charge on any atom is -0.396 e.